The zero-order valence-electron chi connectivity index (χ0n) is 8.07. The second-order valence-corrected chi connectivity index (χ2v) is 3.10. The Labute approximate surface area is 89.4 Å². The molecule has 0 heterocycles. The average Bonchev–Trinajstić information content (AvgIpc) is 2.16. The fraction of sp³-hybridized carbons (Fsp3) is 0.200. The molecule has 0 spiro atoms. The molecule has 0 aliphatic heterocycles. The molecule has 16 heavy (non-hydrogen) atoms. The molecule has 0 saturated heterocycles. The van der Waals surface area contributed by atoms with Crippen molar-refractivity contribution < 1.29 is 18.1 Å². The molecule has 0 radical (unpaired) electrons. The van der Waals surface area contributed by atoms with Crippen LogP contribution in [0.15, 0.2) is 42.1 Å². The van der Waals surface area contributed by atoms with Crippen LogP contribution in [-0.2, 0) is 6.42 Å². The van der Waals surface area contributed by atoms with E-state index in [1.807, 2.05) is 0 Å². The van der Waals surface area contributed by atoms with Gasteiger partial charge >= 0.3 is 6.18 Å². The van der Waals surface area contributed by atoms with Gasteiger partial charge in [-0.1, -0.05) is 30.3 Å². The minimum absolute atomic E-state index is 0.278. The minimum Gasteiger partial charge on any atom is -0.259 e. The van der Waals surface area contributed by atoms with Gasteiger partial charge in [-0.25, -0.2) is 0 Å². The van der Waals surface area contributed by atoms with Crippen LogP contribution >= 0.6 is 0 Å². The van der Waals surface area contributed by atoms with E-state index in [9.17, 15) is 23.3 Å². The summed E-state index contributed by atoms with van der Waals surface area (Å²) in [7, 11) is 0. The van der Waals surface area contributed by atoms with Gasteiger partial charge in [-0.2, -0.15) is 13.2 Å². The number of hydrogen-bond donors (Lipinski definition) is 0. The van der Waals surface area contributed by atoms with Crippen LogP contribution in [0.1, 0.15) is 5.56 Å². The van der Waals surface area contributed by atoms with Gasteiger partial charge in [0.1, 0.15) is 0 Å². The van der Waals surface area contributed by atoms with Crippen molar-refractivity contribution in [2.24, 2.45) is 0 Å². The van der Waals surface area contributed by atoms with Gasteiger partial charge in [0.05, 0.1) is 17.4 Å². The highest BCUT2D eigenvalue weighted by Crippen LogP contribution is 2.20. The van der Waals surface area contributed by atoms with Gasteiger partial charge in [0.25, 0.3) is 5.70 Å². The highest BCUT2D eigenvalue weighted by molar-refractivity contribution is 5.19. The molecule has 1 aromatic rings. The van der Waals surface area contributed by atoms with Crippen LogP contribution in [0.4, 0.5) is 13.2 Å². The number of benzene rings is 1. The van der Waals surface area contributed by atoms with Crippen LogP contribution in [0.25, 0.3) is 0 Å². The molecule has 1 aromatic carbocycles. The van der Waals surface area contributed by atoms with Crippen molar-refractivity contribution in [2.45, 2.75) is 12.6 Å². The third kappa shape index (κ3) is 4.12. The number of halogens is 3. The molecule has 0 unspecified atom stereocenters. The molecule has 1 rings (SSSR count). The largest absolute Gasteiger partial charge is 0.415 e. The van der Waals surface area contributed by atoms with Crippen molar-refractivity contribution in [3.05, 3.63) is 57.8 Å². The topological polar surface area (TPSA) is 43.1 Å². The predicted molar refractivity (Wildman–Crippen MR) is 51.3 cm³/mol. The lowest BCUT2D eigenvalue weighted by Crippen LogP contribution is -2.10. The number of nitrogens with zero attached hydrogens (tertiary/aromatic N) is 1. The summed E-state index contributed by atoms with van der Waals surface area (Å²) in [6, 6.07) is 7.98. The third-order valence-electron chi connectivity index (χ3n) is 1.79. The van der Waals surface area contributed by atoms with Gasteiger partial charge in [0, 0.05) is 0 Å². The normalized spacial score (nSPS) is 12.6. The Morgan fingerprint density at radius 2 is 1.88 bits per heavy atom. The molecule has 0 bridgehead atoms. The smallest absolute Gasteiger partial charge is 0.259 e. The fourth-order valence-corrected chi connectivity index (χ4v) is 1.16. The summed E-state index contributed by atoms with van der Waals surface area (Å²) >= 11 is 0. The van der Waals surface area contributed by atoms with E-state index in [1.54, 1.807) is 18.2 Å². The first-order chi connectivity index (χ1) is 7.38. The molecule has 0 fully saturated rings. The molecule has 0 saturated carbocycles. The Morgan fingerprint density at radius 1 is 1.31 bits per heavy atom. The Hall–Kier alpha value is -1.85. The van der Waals surface area contributed by atoms with Crippen molar-refractivity contribution in [1.82, 2.24) is 0 Å². The van der Waals surface area contributed by atoms with Gasteiger partial charge in [0.2, 0.25) is 0 Å². The summed E-state index contributed by atoms with van der Waals surface area (Å²) < 4.78 is 36.0. The summed E-state index contributed by atoms with van der Waals surface area (Å²) in [5.74, 6) is 0. The summed E-state index contributed by atoms with van der Waals surface area (Å²) in [6.45, 7) is 0. The summed E-state index contributed by atoms with van der Waals surface area (Å²) in [6.07, 6.45) is -5.29. The Balaban J connectivity index is 2.90. The number of hydrogen-bond acceptors (Lipinski definition) is 2. The van der Waals surface area contributed by atoms with E-state index in [4.69, 9.17) is 0 Å². The zero-order chi connectivity index (χ0) is 12.2. The number of nitro groups is 1. The predicted octanol–water partition coefficient (Wildman–Crippen LogP) is 2.95. The van der Waals surface area contributed by atoms with Gasteiger partial charge in [-0.3, -0.25) is 10.1 Å². The van der Waals surface area contributed by atoms with E-state index in [0.29, 0.717) is 5.56 Å². The first-order valence-corrected chi connectivity index (χ1v) is 4.35. The fourth-order valence-electron chi connectivity index (χ4n) is 1.16. The van der Waals surface area contributed by atoms with Crippen molar-refractivity contribution in [3.63, 3.8) is 0 Å². The molecule has 0 aliphatic carbocycles. The van der Waals surface area contributed by atoms with Gasteiger partial charge in [-0.15, -0.1) is 0 Å². The molecule has 86 valence electrons. The quantitative estimate of drug-likeness (QED) is 0.592. The first-order valence-electron chi connectivity index (χ1n) is 4.35. The molecule has 0 atom stereocenters. The molecule has 0 aliphatic rings. The average molecular weight is 231 g/mol. The van der Waals surface area contributed by atoms with Crippen molar-refractivity contribution in [1.29, 1.82) is 0 Å². The van der Waals surface area contributed by atoms with Crippen molar-refractivity contribution in [3.8, 4) is 0 Å². The van der Waals surface area contributed by atoms with Crippen molar-refractivity contribution in [2.75, 3.05) is 0 Å². The highest BCUT2D eigenvalue weighted by Gasteiger charge is 2.29. The van der Waals surface area contributed by atoms with Gasteiger partial charge in [-0.05, 0) is 5.56 Å². The summed E-state index contributed by atoms with van der Waals surface area (Å²) in [5, 5.41) is 10.4. The van der Waals surface area contributed by atoms with E-state index >= 15 is 0 Å². The lowest BCUT2D eigenvalue weighted by atomic mass is 10.1. The summed E-state index contributed by atoms with van der Waals surface area (Å²) in [4.78, 5) is 9.41. The Morgan fingerprint density at radius 3 is 2.31 bits per heavy atom. The highest BCUT2D eigenvalue weighted by atomic mass is 19.4. The van der Waals surface area contributed by atoms with Crippen LogP contribution < -0.4 is 0 Å². The summed E-state index contributed by atoms with van der Waals surface area (Å²) in [5.41, 5.74) is -0.395. The molecular weight excluding hydrogens is 223 g/mol. The molecule has 0 N–H and O–H groups in total. The standard InChI is InChI=1S/C10H8F3NO2/c11-10(12,13)7-9(14(15)16)6-8-4-2-1-3-5-8/h1-5,7H,6H2. The Bertz CT molecular complexity index is 398. The third-order valence-corrected chi connectivity index (χ3v) is 1.79. The molecule has 3 nitrogen and oxygen atoms in total. The van der Waals surface area contributed by atoms with Crippen LogP contribution in [0.3, 0.4) is 0 Å². The lowest BCUT2D eigenvalue weighted by Gasteiger charge is -2.02. The van der Waals surface area contributed by atoms with Crippen molar-refractivity contribution >= 4 is 0 Å². The SMILES string of the molecule is O=[N+]([O-])C(=CC(F)(F)F)Cc1ccccc1. The van der Waals surface area contributed by atoms with Gasteiger partial charge < -0.3 is 0 Å². The maximum absolute atomic E-state index is 12.0. The maximum atomic E-state index is 12.0. The minimum atomic E-state index is -4.67. The first kappa shape index (κ1) is 12.2. The molecular formula is C10H8F3NO2. The molecule has 6 heteroatoms. The zero-order valence-corrected chi connectivity index (χ0v) is 8.07. The number of alkyl halides is 3. The van der Waals surface area contributed by atoms with Crippen LogP contribution in [0.5, 0.6) is 0 Å². The molecule has 0 amide bonds. The van der Waals surface area contributed by atoms with Crippen LogP contribution in [-0.4, -0.2) is 11.1 Å². The van der Waals surface area contributed by atoms with E-state index < -0.39 is 16.8 Å². The monoisotopic (exact) mass is 231 g/mol. The maximum Gasteiger partial charge on any atom is 0.415 e. The Kier molecular flexibility index (Phi) is 3.65. The number of rotatable bonds is 3. The molecule has 0 aromatic heterocycles. The lowest BCUT2D eigenvalue weighted by molar-refractivity contribution is -0.428. The van der Waals surface area contributed by atoms with Gasteiger partial charge in [0.15, 0.2) is 0 Å². The van der Waals surface area contributed by atoms with E-state index in [1.165, 1.54) is 12.1 Å². The van der Waals surface area contributed by atoms with E-state index in [0.717, 1.165) is 0 Å². The van der Waals surface area contributed by atoms with E-state index in [2.05, 4.69) is 0 Å². The second kappa shape index (κ2) is 4.78. The number of allylic oxidation sites excluding steroid dienone is 2. The van der Waals surface area contributed by atoms with Crippen LogP contribution in [0.2, 0.25) is 0 Å². The van der Waals surface area contributed by atoms with E-state index in [-0.39, 0.29) is 12.5 Å². The second-order valence-electron chi connectivity index (χ2n) is 3.10. The van der Waals surface area contributed by atoms with Crippen LogP contribution in [0, 0.1) is 10.1 Å².